The molecule has 4 heteroatoms. The lowest BCUT2D eigenvalue weighted by atomic mass is 9.67. The van der Waals surface area contributed by atoms with Crippen LogP contribution in [0.1, 0.15) is 22.3 Å². The Balaban J connectivity index is 1.08. The fourth-order valence-corrected chi connectivity index (χ4v) is 13.8. The number of hydrogen-bond acceptors (Lipinski definition) is 3. The second-order valence-corrected chi connectivity index (χ2v) is 19.6. The smallest absolute Gasteiger partial charge is 0.171 e. The van der Waals surface area contributed by atoms with Crippen LogP contribution in [0, 0.1) is 0 Å². The lowest BCUT2D eigenvalue weighted by Crippen LogP contribution is -2.31. The molecule has 9 aromatic carbocycles. The van der Waals surface area contributed by atoms with Crippen molar-refractivity contribution in [3.8, 4) is 33.5 Å². The molecular weight excluding hydrogens is 766 g/mol. The summed E-state index contributed by atoms with van der Waals surface area (Å²) in [7, 11) is -3.09. The molecule has 1 spiro atoms. The van der Waals surface area contributed by atoms with Crippen LogP contribution < -0.4 is 15.9 Å². The molecule has 2 heterocycles. The molecule has 1 aromatic heterocycles. The van der Waals surface area contributed by atoms with Crippen molar-refractivity contribution in [2.24, 2.45) is 0 Å². The largest absolute Gasteiger partial charge is 0.309 e. The minimum atomic E-state index is -3.09. The van der Waals surface area contributed by atoms with E-state index in [2.05, 4.69) is 146 Å². The van der Waals surface area contributed by atoms with Gasteiger partial charge in [0.05, 0.1) is 16.6 Å². The zero-order valence-corrected chi connectivity index (χ0v) is 34.2. The highest BCUT2D eigenvalue weighted by Gasteiger charge is 2.50. The number of fused-ring (bicyclic) bond motifs is 12. The van der Waals surface area contributed by atoms with Gasteiger partial charge in [0, 0.05) is 42.0 Å². The van der Waals surface area contributed by atoms with Gasteiger partial charge in [0.2, 0.25) is 0 Å². The number of rotatable bonds is 5. The number of nitrogens with zero attached hydrogens (tertiary/aromatic N) is 1. The highest BCUT2D eigenvalue weighted by atomic mass is 32.2. The van der Waals surface area contributed by atoms with Crippen LogP contribution in [0.25, 0.3) is 55.2 Å². The van der Waals surface area contributed by atoms with Crippen molar-refractivity contribution < 1.29 is 4.57 Å². The second kappa shape index (κ2) is 13.6. The van der Waals surface area contributed by atoms with Gasteiger partial charge in [-0.05, 0) is 80.2 Å². The minimum Gasteiger partial charge on any atom is -0.309 e. The summed E-state index contributed by atoms with van der Waals surface area (Å²) in [6.07, 6.45) is 0. The Morgan fingerprint density at radius 1 is 0.383 bits per heavy atom. The molecule has 1 aliphatic carbocycles. The summed E-state index contributed by atoms with van der Waals surface area (Å²) in [6, 6.07) is 77.2. The zero-order valence-electron chi connectivity index (χ0n) is 32.5. The summed E-state index contributed by atoms with van der Waals surface area (Å²) >= 11 is 1.87. The normalized spacial score (nSPS) is 13.5. The average molecular weight is 802 g/mol. The summed E-state index contributed by atoms with van der Waals surface area (Å²) in [5.74, 6) is 0. The number of pyridine rings is 1. The van der Waals surface area contributed by atoms with Gasteiger partial charge in [-0.1, -0.05) is 200 Å². The van der Waals surface area contributed by atoms with E-state index in [1.54, 1.807) is 0 Å². The fraction of sp³-hybridized carbons (Fsp3) is 0.0179. The maximum absolute atomic E-state index is 15.1. The van der Waals surface area contributed by atoms with Gasteiger partial charge in [-0.25, -0.2) is 4.98 Å². The van der Waals surface area contributed by atoms with Gasteiger partial charge in [-0.15, -0.1) is 0 Å². The predicted molar refractivity (Wildman–Crippen MR) is 251 cm³/mol. The summed E-state index contributed by atoms with van der Waals surface area (Å²) in [4.78, 5) is 8.09. The molecule has 10 aromatic rings. The van der Waals surface area contributed by atoms with E-state index in [0.717, 1.165) is 54.6 Å². The third-order valence-corrected chi connectivity index (χ3v) is 16.8. The molecule has 0 atom stereocenters. The zero-order chi connectivity index (χ0) is 39.8. The molecule has 2 nitrogen and oxygen atoms in total. The first-order valence-corrected chi connectivity index (χ1v) is 22.9. The fourth-order valence-electron chi connectivity index (χ4n) is 9.93. The van der Waals surface area contributed by atoms with E-state index in [-0.39, 0.29) is 0 Å². The van der Waals surface area contributed by atoms with Gasteiger partial charge in [0.1, 0.15) is 0 Å². The molecule has 0 bridgehead atoms. The van der Waals surface area contributed by atoms with Gasteiger partial charge in [-0.3, -0.25) is 0 Å². The van der Waals surface area contributed by atoms with E-state index < -0.39 is 12.6 Å². The summed E-state index contributed by atoms with van der Waals surface area (Å²) < 4.78 is 15.1. The number of hydrogen-bond donors (Lipinski definition) is 0. The molecule has 1 aliphatic heterocycles. The monoisotopic (exact) mass is 801 g/mol. The molecule has 0 radical (unpaired) electrons. The van der Waals surface area contributed by atoms with Crippen molar-refractivity contribution in [3.05, 3.63) is 241 Å². The number of aromatic nitrogens is 1. The SMILES string of the molecule is O=P(c1ccccc1)(c1ccccc1)c1ccc(-c2ccc3c(c2)nc(-c2ccccc2)c2cc4c(cc23)C2(c3ccccc3Sc3ccccc32)c2ccccc2-4)cc1. The van der Waals surface area contributed by atoms with Gasteiger partial charge in [-0.2, -0.15) is 0 Å². The molecular formula is C56H36NOPS. The van der Waals surface area contributed by atoms with Crippen LogP contribution in [-0.2, 0) is 9.98 Å². The minimum absolute atomic E-state index is 0.471. The molecule has 0 N–H and O–H groups in total. The molecule has 0 unspecified atom stereocenters. The molecule has 0 saturated carbocycles. The topological polar surface area (TPSA) is 30.0 Å². The van der Waals surface area contributed by atoms with Crippen LogP contribution in [-0.4, -0.2) is 4.98 Å². The maximum atomic E-state index is 15.1. The van der Waals surface area contributed by atoms with Crippen molar-refractivity contribution in [1.29, 1.82) is 0 Å². The second-order valence-electron chi connectivity index (χ2n) is 15.7. The van der Waals surface area contributed by atoms with Crippen LogP contribution >= 0.6 is 18.9 Å². The van der Waals surface area contributed by atoms with Crippen molar-refractivity contribution in [2.45, 2.75) is 15.2 Å². The third-order valence-electron chi connectivity index (χ3n) is 12.6. The highest BCUT2D eigenvalue weighted by molar-refractivity contribution is 7.99. The van der Waals surface area contributed by atoms with Crippen molar-refractivity contribution in [3.63, 3.8) is 0 Å². The van der Waals surface area contributed by atoms with Crippen LogP contribution in [0.5, 0.6) is 0 Å². The van der Waals surface area contributed by atoms with Crippen molar-refractivity contribution in [1.82, 2.24) is 4.98 Å². The van der Waals surface area contributed by atoms with E-state index in [1.165, 1.54) is 48.6 Å². The van der Waals surface area contributed by atoms with Crippen molar-refractivity contribution >= 4 is 56.5 Å². The van der Waals surface area contributed by atoms with Crippen molar-refractivity contribution in [2.75, 3.05) is 0 Å². The number of benzene rings is 9. The van der Waals surface area contributed by atoms with Crippen LogP contribution in [0.15, 0.2) is 228 Å². The molecule has 0 fully saturated rings. The quantitative estimate of drug-likeness (QED) is 0.128. The first kappa shape index (κ1) is 35.2. The average Bonchev–Trinajstić information content (AvgIpc) is 3.60. The molecule has 0 saturated heterocycles. The predicted octanol–water partition coefficient (Wildman–Crippen LogP) is 13.2. The molecule has 2 aliphatic rings. The highest BCUT2D eigenvalue weighted by Crippen LogP contribution is 2.63. The first-order chi connectivity index (χ1) is 29.6. The Hall–Kier alpha value is -6.77. The van der Waals surface area contributed by atoms with E-state index in [1.807, 2.05) is 84.6 Å². The Labute approximate surface area is 353 Å². The lowest BCUT2D eigenvalue weighted by molar-refractivity contribution is 0.592. The summed E-state index contributed by atoms with van der Waals surface area (Å²) in [5.41, 5.74) is 12.5. The lowest BCUT2D eigenvalue weighted by Gasteiger charge is -2.39. The van der Waals surface area contributed by atoms with Crippen LogP contribution in [0.4, 0.5) is 0 Å². The third kappa shape index (κ3) is 5.10. The molecule has 0 amide bonds. The van der Waals surface area contributed by atoms with E-state index >= 15 is 4.57 Å². The standard InChI is InChI=1S/C56H36NOPS/c58-59(40-18-6-2-7-19-40,41-20-8-3-9-21-41)42-31-28-37(29-32-42)39-30-33-44-45-36-51-46(35-47(45)55(57-52(44)34-39)38-16-4-1-5-17-38)43-22-10-11-23-48(43)56(51)49-24-12-14-26-53(49)60-54-27-15-13-25-50(54)56/h1-36H. The molecule has 12 rings (SSSR count). The Kier molecular flexibility index (Phi) is 8.00. The first-order valence-electron chi connectivity index (χ1n) is 20.4. The Morgan fingerprint density at radius 2 is 0.917 bits per heavy atom. The van der Waals surface area contributed by atoms with Gasteiger partial charge in [0.25, 0.3) is 0 Å². The van der Waals surface area contributed by atoms with Gasteiger partial charge >= 0.3 is 0 Å². The summed E-state index contributed by atoms with van der Waals surface area (Å²) in [5, 5.41) is 5.91. The van der Waals surface area contributed by atoms with Gasteiger partial charge in [0.15, 0.2) is 7.14 Å². The molecule has 282 valence electrons. The van der Waals surface area contributed by atoms with E-state index in [0.29, 0.717) is 0 Å². The maximum Gasteiger partial charge on any atom is 0.171 e. The van der Waals surface area contributed by atoms with Gasteiger partial charge < -0.3 is 4.57 Å². The van der Waals surface area contributed by atoms with Crippen LogP contribution in [0.2, 0.25) is 0 Å². The van der Waals surface area contributed by atoms with Crippen LogP contribution in [0.3, 0.4) is 0 Å². The summed E-state index contributed by atoms with van der Waals surface area (Å²) in [6.45, 7) is 0. The Bertz CT molecular complexity index is 3280. The van der Waals surface area contributed by atoms with E-state index in [4.69, 9.17) is 4.98 Å². The van der Waals surface area contributed by atoms with E-state index in [9.17, 15) is 0 Å². The Morgan fingerprint density at radius 3 is 1.57 bits per heavy atom. The molecule has 60 heavy (non-hydrogen) atoms.